The van der Waals surface area contributed by atoms with Crippen LogP contribution in [0.4, 0.5) is 0 Å². The van der Waals surface area contributed by atoms with Crippen LogP contribution in [0, 0.1) is 16.7 Å². The summed E-state index contributed by atoms with van der Waals surface area (Å²) in [5.41, 5.74) is -1.47. The Morgan fingerprint density at radius 1 is 1.28 bits per heavy atom. The summed E-state index contributed by atoms with van der Waals surface area (Å²) >= 11 is 0. The molecule has 18 heavy (non-hydrogen) atoms. The van der Waals surface area contributed by atoms with E-state index in [9.17, 15) is 10.4 Å². The van der Waals surface area contributed by atoms with Crippen LogP contribution < -0.4 is 0 Å². The maximum atomic E-state index is 11.3. The van der Waals surface area contributed by atoms with Gasteiger partial charge in [0, 0.05) is 12.6 Å². The van der Waals surface area contributed by atoms with Crippen molar-refractivity contribution in [2.24, 2.45) is 5.41 Å². The van der Waals surface area contributed by atoms with Crippen LogP contribution in [0.2, 0.25) is 0 Å². The van der Waals surface area contributed by atoms with Gasteiger partial charge in [-0.25, -0.2) is 0 Å². The minimum absolute atomic E-state index is 0.0296. The maximum Gasteiger partial charge on any atom is 0.116 e. The Morgan fingerprint density at radius 2 is 2.17 bits per heavy atom. The number of nitrogens with zero attached hydrogens (tertiary/aromatic N) is 2. The average Bonchev–Trinajstić information content (AvgIpc) is 3.10. The maximum absolute atomic E-state index is 11.3. The standard InChI is InChI=1S/C14H20N2O2/c15-9-13(8-10-3-4-12(13)18-10)14(17)5-7-16-6-1-2-11(14)16/h10-12,17H,1-8H2. The van der Waals surface area contributed by atoms with E-state index in [1.165, 1.54) is 0 Å². The second-order valence-corrected chi connectivity index (χ2v) is 6.48. The van der Waals surface area contributed by atoms with Crippen LogP contribution in [0.1, 0.15) is 38.5 Å². The van der Waals surface area contributed by atoms with E-state index < -0.39 is 11.0 Å². The fraction of sp³-hybridized carbons (Fsp3) is 0.929. The van der Waals surface area contributed by atoms with Crippen LogP contribution in [0.3, 0.4) is 0 Å². The fourth-order valence-electron chi connectivity index (χ4n) is 5.01. The van der Waals surface area contributed by atoms with E-state index in [2.05, 4.69) is 11.0 Å². The Balaban J connectivity index is 1.75. The van der Waals surface area contributed by atoms with Crippen LogP contribution in [0.25, 0.3) is 0 Å². The third kappa shape index (κ3) is 1.11. The molecule has 4 fully saturated rings. The zero-order valence-corrected chi connectivity index (χ0v) is 10.6. The summed E-state index contributed by atoms with van der Waals surface area (Å²) in [7, 11) is 0. The molecule has 0 aromatic carbocycles. The fourth-order valence-corrected chi connectivity index (χ4v) is 5.01. The molecule has 4 aliphatic heterocycles. The first-order chi connectivity index (χ1) is 8.69. The average molecular weight is 248 g/mol. The van der Waals surface area contributed by atoms with Crippen molar-refractivity contribution >= 4 is 0 Å². The van der Waals surface area contributed by atoms with E-state index in [4.69, 9.17) is 4.74 Å². The van der Waals surface area contributed by atoms with E-state index >= 15 is 0 Å². The molecule has 0 aliphatic carbocycles. The lowest BCUT2D eigenvalue weighted by Crippen LogP contribution is -2.58. The van der Waals surface area contributed by atoms with Crippen molar-refractivity contribution in [1.82, 2.24) is 4.90 Å². The minimum atomic E-state index is -0.835. The summed E-state index contributed by atoms with van der Waals surface area (Å²) < 4.78 is 5.90. The van der Waals surface area contributed by atoms with Crippen molar-refractivity contribution in [3.63, 3.8) is 0 Å². The minimum Gasteiger partial charge on any atom is -0.386 e. The summed E-state index contributed by atoms with van der Waals surface area (Å²) in [5, 5.41) is 21.1. The lowest BCUT2D eigenvalue weighted by Gasteiger charge is -2.44. The van der Waals surface area contributed by atoms with Gasteiger partial charge >= 0.3 is 0 Å². The number of fused-ring (bicyclic) bond motifs is 3. The normalized spacial score (nSPS) is 54.8. The van der Waals surface area contributed by atoms with Gasteiger partial charge in [-0.05, 0) is 45.1 Å². The van der Waals surface area contributed by atoms with Gasteiger partial charge in [0.1, 0.15) is 11.0 Å². The van der Waals surface area contributed by atoms with Gasteiger partial charge in [0.15, 0.2) is 0 Å². The number of ether oxygens (including phenoxy) is 1. The number of aliphatic hydroxyl groups is 1. The van der Waals surface area contributed by atoms with Crippen molar-refractivity contribution in [3.05, 3.63) is 0 Å². The first kappa shape index (κ1) is 11.2. The first-order valence-corrected chi connectivity index (χ1v) is 7.23. The SMILES string of the molecule is N#CC1(C2(O)CCN3CCCC32)CC2CCC1O2. The van der Waals surface area contributed by atoms with E-state index in [-0.39, 0.29) is 18.2 Å². The Morgan fingerprint density at radius 3 is 2.83 bits per heavy atom. The van der Waals surface area contributed by atoms with Crippen molar-refractivity contribution in [2.75, 3.05) is 13.1 Å². The van der Waals surface area contributed by atoms with Crippen molar-refractivity contribution in [1.29, 1.82) is 5.26 Å². The van der Waals surface area contributed by atoms with Crippen LogP contribution >= 0.6 is 0 Å². The second-order valence-electron chi connectivity index (χ2n) is 6.48. The van der Waals surface area contributed by atoms with Crippen molar-refractivity contribution in [3.8, 4) is 6.07 Å². The molecule has 0 aromatic heterocycles. The van der Waals surface area contributed by atoms with Crippen LogP contribution in [0.15, 0.2) is 0 Å². The first-order valence-electron chi connectivity index (χ1n) is 7.23. The molecule has 0 radical (unpaired) electrons. The number of nitriles is 1. The van der Waals surface area contributed by atoms with Crippen LogP contribution in [-0.2, 0) is 4.74 Å². The Bertz CT molecular complexity index is 421. The molecule has 0 amide bonds. The van der Waals surface area contributed by atoms with E-state index in [1.54, 1.807) is 0 Å². The van der Waals surface area contributed by atoms with Crippen molar-refractivity contribution < 1.29 is 9.84 Å². The largest absolute Gasteiger partial charge is 0.386 e. The predicted molar refractivity (Wildman–Crippen MR) is 64.7 cm³/mol. The lowest BCUT2D eigenvalue weighted by atomic mass is 9.61. The summed E-state index contributed by atoms with van der Waals surface area (Å²) in [6, 6.07) is 2.70. The summed E-state index contributed by atoms with van der Waals surface area (Å²) in [4.78, 5) is 2.38. The highest BCUT2D eigenvalue weighted by atomic mass is 16.5. The molecule has 2 bridgehead atoms. The number of hydrogen-bond donors (Lipinski definition) is 1. The molecular weight excluding hydrogens is 228 g/mol. The smallest absolute Gasteiger partial charge is 0.116 e. The van der Waals surface area contributed by atoms with Gasteiger partial charge in [0.05, 0.1) is 18.3 Å². The molecule has 0 saturated carbocycles. The van der Waals surface area contributed by atoms with Gasteiger partial charge in [-0.2, -0.15) is 5.26 Å². The molecule has 4 heteroatoms. The van der Waals surface area contributed by atoms with Gasteiger partial charge in [-0.3, -0.25) is 4.90 Å². The number of rotatable bonds is 1. The van der Waals surface area contributed by atoms with Crippen LogP contribution in [0.5, 0.6) is 0 Å². The molecule has 4 nitrogen and oxygen atoms in total. The molecule has 98 valence electrons. The molecular formula is C14H20N2O2. The summed E-state index contributed by atoms with van der Waals surface area (Å²) in [6.45, 7) is 2.03. The summed E-state index contributed by atoms with van der Waals surface area (Å²) in [6.07, 6.45) is 5.89. The molecule has 5 atom stereocenters. The topological polar surface area (TPSA) is 56.5 Å². The lowest BCUT2D eigenvalue weighted by molar-refractivity contribution is -0.0994. The second kappa shape index (κ2) is 3.47. The summed E-state index contributed by atoms with van der Waals surface area (Å²) in [5.74, 6) is 0. The van der Waals surface area contributed by atoms with E-state index in [0.717, 1.165) is 51.6 Å². The molecule has 4 heterocycles. The van der Waals surface area contributed by atoms with Crippen LogP contribution in [-0.4, -0.2) is 46.9 Å². The molecule has 0 spiro atoms. The van der Waals surface area contributed by atoms with Crippen molar-refractivity contribution in [2.45, 2.75) is 62.4 Å². The predicted octanol–water partition coefficient (Wildman–Crippen LogP) is 1.05. The molecule has 4 rings (SSSR count). The van der Waals surface area contributed by atoms with E-state index in [0.29, 0.717) is 0 Å². The Labute approximate surface area is 108 Å². The third-order valence-electron chi connectivity index (χ3n) is 5.87. The molecule has 4 saturated heterocycles. The number of hydrogen-bond acceptors (Lipinski definition) is 4. The molecule has 0 aromatic rings. The molecule has 4 aliphatic rings. The van der Waals surface area contributed by atoms with Gasteiger partial charge in [0.2, 0.25) is 0 Å². The Hall–Kier alpha value is -0.630. The van der Waals surface area contributed by atoms with Gasteiger partial charge in [-0.15, -0.1) is 0 Å². The quantitative estimate of drug-likeness (QED) is 0.753. The highest BCUT2D eigenvalue weighted by Crippen LogP contribution is 2.58. The van der Waals surface area contributed by atoms with Gasteiger partial charge < -0.3 is 9.84 Å². The van der Waals surface area contributed by atoms with Gasteiger partial charge in [-0.1, -0.05) is 0 Å². The zero-order chi connectivity index (χ0) is 12.4. The highest BCUT2D eigenvalue weighted by molar-refractivity contribution is 5.26. The third-order valence-corrected chi connectivity index (χ3v) is 5.87. The zero-order valence-electron chi connectivity index (χ0n) is 10.6. The monoisotopic (exact) mass is 248 g/mol. The highest BCUT2D eigenvalue weighted by Gasteiger charge is 2.68. The van der Waals surface area contributed by atoms with Gasteiger partial charge in [0.25, 0.3) is 0 Å². The Kier molecular flexibility index (Phi) is 2.16. The molecule has 1 N–H and O–H groups in total. The molecule has 5 unspecified atom stereocenters. The van der Waals surface area contributed by atoms with E-state index in [1.807, 2.05) is 0 Å².